The molecule has 2 rings (SSSR count). The molecule has 0 amide bonds. The van der Waals surface area contributed by atoms with E-state index < -0.39 is 0 Å². The van der Waals surface area contributed by atoms with Crippen molar-refractivity contribution in [3.63, 3.8) is 0 Å². The molecule has 0 saturated heterocycles. The zero-order valence-corrected chi connectivity index (χ0v) is 12.1. The molecule has 2 aromatic carbocycles. The first-order valence-corrected chi connectivity index (χ1v) is 6.63. The third kappa shape index (κ3) is 4.92. The Morgan fingerprint density at radius 3 is 2.19 bits per heavy atom. The van der Waals surface area contributed by atoms with Gasteiger partial charge in [-0.2, -0.15) is 0 Å². The fourth-order valence-corrected chi connectivity index (χ4v) is 2.46. The Morgan fingerprint density at radius 1 is 0.952 bits per heavy atom. The van der Waals surface area contributed by atoms with Crippen LogP contribution < -0.4 is 5.73 Å². The van der Waals surface area contributed by atoms with Gasteiger partial charge in [0.1, 0.15) is 0 Å². The summed E-state index contributed by atoms with van der Waals surface area (Å²) < 4.78 is 0. The summed E-state index contributed by atoms with van der Waals surface area (Å²) in [7, 11) is 0. The summed E-state index contributed by atoms with van der Waals surface area (Å²) in [5.74, 6) is -0.117. The number of hydrogen-bond acceptors (Lipinski definition) is 2. The summed E-state index contributed by atoms with van der Waals surface area (Å²) in [6.07, 6.45) is 0.167. The van der Waals surface area contributed by atoms with Crippen LogP contribution in [0.2, 0.25) is 15.1 Å². The smallest absolute Gasteiger partial charge is 0.168 e. The van der Waals surface area contributed by atoms with Crippen LogP contribution in [0.4, 0.5) is 5.69 Å². The van der Waals surface area contributed by atoms with Crippen molar-refractivity contribution in [2.24, 2.45) is 0 Å². The number of nitrogen functional groups attached to an aromatic ring is 1. The van der Waals surface area contributed by atoms with Gasteiger partial charge in [-0.25, -0.2) is 0 Å². The van der Waals surface area contributed by atoms with Gasteiger partial charge in [0.2, 0.25) is 0 Å². The van der Waals surface area contributed by atoms with Gasteiger partial charge in [-0.05, 0) is 35.9 Å². The van der Waals surface area contributed by atoms with Crippen LogP contribution >= 0.6 is 34.8 Å². The normalized spacial score (nSPS) is 9.48. The van der Waals surface area contributed by atoms with Gasteiger partial charge in [0, 0.05) is 27.7 Å². The number of benzene rings is 2. The number of halogens is 3. The molecule has 2 nitrogen and oxygen atoms in total. The Kier molecular flexibility index (Phi) is 7.80. The lowest BCUT2D eigenvalue weighted by Gasteiger charge is -2.06. The van der Waals surface area contributed by atoms with Gasteiger partial charge >= 0.3 is 0 Å². The Balaban J connectivity index is 0.00000200. The first-order chi connectivity index (χ1) is 8.97. The lowest BCUT2D eigenvalue weighted by atomic mass is 10.0. The van der Waals surface area contributed by atoms with Crippen molar-refractivity contribution in [3.8, 4) is 0 Å². The minimum atomic E-state index is -0.117. The van der Waals surface area contributed by atoms with E-state index in [1.54, 1.807) is 36.4 Å². The highest BCUT2D eigenvalue weighted by Gasteiger charge is 2.13. The molecule has 114 valence electrons. The minimum absolute atomic E-state index is 0. The molecule has 0 aliphatic carbocycles. The van der Waals surface area contributed by atoms with E-state index in [2.05, 4.69) is 0 Å². The minimum Gasteiger partial charge on any atom is -0.399 e. The number of carbonyl (C=O) groups is 1. The van der Waals surface area contributed by atoms with Gasteiger partial charge in [-0.1, -0.05) is 55.7 Å². The lowest BCUT2D eigenvalue weighted by molar-refractivity contribution is 0.0993. The van der Waals surface area contributed by atoms with Gasteiger partial charge in [-0.3, -0.25) is 4.79 Å². The maximum Gasteiger partial charge on any atom is 0.168 e. The molecule has 0 unspecified atom stereocenters. The first kappa shape index (κ1) is 19.8. The molecule has 0 heterocycles. The lowest BCUT2D eigenvalue weighted by Crippen LogP contribution is -2.05. The Morgan fingerprint density at radius 2 is 1.62 bits per heavy atom. The molecule has 0 saturated carbocycles. The number of ketones is 1. The highest BCUT2D eigenvalue weighted by Crippen LogP contribution is 2.25. The summed E-state index contributed by atoms with van der Waals surface area (Å²) in [4.78, 5) is 12.2. The van der Waals surface area contributed by atoms with E-state index in [0.717, 1.165) is 0 Å². The van der Waals surface area contributed by atoms with Crippen molar-refractivity contribution < 1.29 is 4.79 Å². The molecule has 0 aliphatic heterocycles. The van der Waals surface area contributed by atoms with Crippen LogP contribution in [0, 0.1) is 0 Å². The third-order valence-electron chi connectivity index (χ3n) is 2.66. The second kappa shape index (κ2) is 8.28. The standard InChI is InChI=1S/C14H10Cl3NO.2CH4/c15-9-2-4-11(13(17)6-9)14(19)5-8-1-3-10(18)7-12(8)16;;/h1-4,6-7H,5,18H2;2*1H4. The average Bonchev–Trinajstić information content (AvgIpc) is 2.32. The van der Waals surface area contributed by atoms with Crippen molar-refractivity contribution in [1.82, 2.24) is 0 Å². The van der Waals surface area contributed by atoms with Crippen LogP contribution in [0.25, 0.3) is 0 Å². The second-order valence-electron chi connectivity index (χ2n) is 4.07. The number of rotatable bonds is 3. The fraction of sp³-hybridized carbons (Fsp3) is 0.188. The molecule has 2 N–H and O–H groups in total. The van der Waals surface area contributed by atoms with Crippen molar-refractivity contribution in [3.05, 3.63) is 62.6 Å². The summed E-state index contributed by atoms with van der Waals surface area (Å²) in [5, 5.41) is 1.30. The van der Waals surface area contributed by atoms with E-state index in [0.29, 0.717) is 31.9 Å². The molecular weight excluding hydrogens is 329 g/mol. The third-order valence-corrected chi connectivity index (χ3v) is 3.56. The first-order valence-electron chi connectivity index (χ1n) is 5.49. The van der Waals surface area contributed by atoms with Crippen molar-refractivity contribution in [2.75, 3.05) is 5.73 Å². The molecule has 0 spiro atoms. The molecule has 2 aromatic rings. The maximum atomic E-state index is 12.2. The number of Topliss-reactive ketones (excluding diaryl/α,β-unsaturated/α-hetero) is 1. The van der Waals surface area contributed by atoms with Gasteiger partial charge in [0.05, 0.1) is 5.02 Å². The van der Waals surface area contributed by atoms with Crippen molar-refractivity contribution in [1.29, 1.82) is 0 Å². The quantitative estimate of drug-likeness (QED) is 0.553. The average molecular weight is 347 g/mol. The zero-order chi connectivity index (χ0) is 14.0. The molecule has 0 aromatic heterocycles. The van der Waals surface area contributed by atoms with E-state index in [9.17, 15) is 4.79 Å². The molecule has 0 aliphatic rings. The molecule has 0 fully saturated rings. The van der Waals surface area contributed by atoms with E-state index in [1.165, 1.54) is 0 Å². The van der Waals surface area contributed by atoms with E-state index >= 15 is 0 Å². The molecular formula is C16H18Cl3NO. The summed E-state index contributed by atoms with van der Waals surface area (Å²) in [5.41, 5.74) is 7.31. The van der Waals surface area contributed by atoms with E-state index in [1.807, 2.05) is 0 Å². The van der Waals surface area contributed by atoms with Crippen molar-refractivity contribution in [2.45, 2.75) is 21.3 Å². The van der Waals surface area contributed by atoms with Crippen LogP contribution in [0.5, 0.6) is 0 Å². The van der Waals surface area contributed by atoms with Crippen LogP contribution in [-0.4, -0.2) is 5.78 Å². The highest BCUT2D eigenvalue weighted by molar-refractivity contribution is 6.37. The predicted molar refractivity (Wildman–Crippen MR) is 93.8 cm³/mol. The van der Waals surface area contributed by atoms with Gasteiger partial charge in [-0.15, -0.1) is 0 Å². The molecule has 0 radical (unpaired) electrons. The maximum absolute atomic E-state index is 12.2. The van der Waals surface area contributed by atoms with E-state index in [-0.39, 0.29) is 27.1 Å². The Labute approximate surface area is 140 Å². The summed E-state index contributed by atoms with van der Waals surface area (Å²) >= 11 is 17.8. The number of hydrogen-bond donors (Lipinski definition) is 1. The zero-order valence-electron chi connectivity index (χ0n) is 9.79. The SMILES string of the molecule is C.C.Nc1ccc(CC(=O)c2ccc(Cl)cc2Cl)c(Cl)c1. The van der Waals surface area contributed by atoms with Crippen LogP contribution in [0.1, 0.15) is 30.8 Å². The monoisotopic (exact) mass is 345 g/mol. The van der Waals surface area contributed by atoms with Crippen LogP contribution in [0.15, 0.2) is 36.4 Å². The largest absolute Gasteiger partial charge is 0.399 e. The molecule has 0 atom stereocenters. The molecule has 21 heavy (non-hydrogen) atoms. The number of anilines is 1. The van der Waals surface area contributed by atoms with Crippen LogP contribution in [-0.2, 0) is 6.42 Å². The van der Waals surface area contributed by atoms with Gasteiger partial charge < -0.3 is 5.73 Å². The summed E-state index contributed by atoms with van der Waals surface area (Å²) in [6, 6.07) is 9.84. The van der Waals surface area contributed by atoms with Gasteiger partial charge in [0.15, 0.2) is 5.78 Å². The van der Waals surface area contributed by atoms with Gasteiger partial charge in [0.25, 0.3) is 0 Å². The number of nitrogens with two attached hydrogens (primary N) is 1. The van der Waals surface area contributed by atoms with E-state index in [4.69, 9.17) is 40.5 Å². The highest BCUT2D eigenvalue weighted by atomic mass is 35.5. The molecule has 0 bridgehead atoms. The Hall–Kier alpha value is -1.22. The number of carbonyl (C=O) groups excluding carboxylic acids is 1. The second-order valence-corrected chi connectivity index (χ2v) is 5.33. The Bertz CT molecular complexity index is 641. The van der Waals surface area contributed by atoms with Crippen molar-refractivity contribution >= 4 is 46.3 Å². The predicted octanol–water partition coefficient (Wildman–Crippen LogP) is 5.93. The van der Waals surface area contributed by atoms with Crippen LogP contribution in [0.3, 0.4) is 0 Å². The fourth-order valence-electron chi connectivity index (χ4n) is 1.69. The topological polar surface area (TPSA) is 43.1 Å². The summed E-state index contributed by atoms with van der Waals surface area (Å²) in [6.45, 7) is 0. The molecule has 5 heteroatoms.